The summed E-state index contributed by atoms with van der Waals surface area (Å²) < 4.78 is 26.7. The van der Waals surface area contributed by atoms with Crippen LogP contribution in [0.25, 0.3) is 0 Å². The van der Waals surface area contributed by atoms with Gasteiger partial charge in [0.05, 0.1) is 23.5 Å². The molecule has 1 aliphatic carbocycles. The molecule has 0 aromatic heterocycles. The van der Waals surface area contributed by atoms with Gasteiger partial charge in [0.2, 0.25) is 10.0 Å². The van der Waals surface area contributed by atoms with Crippen molar-refractivity contribution in [3.05, 3.63) is 74.7 Å². The summed E-state index contributed by atoms with van der Waals surface area (Å²) in [4.78, 5) is 12.4. The fraction of sp³-hybridized carbons (Fsp3) is 0.318. The standard InChI is InChI=1S/C22H24BrClN2O3S/c1-30(28,29)26(19-11-12-20(23)21(24)13-19)15-17-7-9-18(10-8-17)22(27)25-14-16-5-3-2-4-6-16/h5,7-13H,2-4,6,14-15H2,1H3,(H,25,27). The highest BCUT2D eigenvalue weighted by molar-refractivity contribution is 9.10. The second kappa shape index (κ2) is 9.98. The molecule has 0 saturated heterocycles. The highest BCUT2D eigenvalue weighted by atomic mass is 79.9. The molecular formula is C22H24BrClN2O3S. The Hall–Kier alpha value is -1.83. The lowest BCUT2D eigenvalue weighted by Crippen LogP contribution is -2.29. The van der Waals surface area contributed by atoms with Crippen LogP contribution in [0, 0.1) is 0 Å². The normalized spacial score (nSPS) is 14.2. The number of rotatable bonds is 7. The molecule has 160 valence electrons. The maximum atomic E-state index is 12.4. The van der Waals surface area contributed by atoms with Crippen LogP contribution in [0.4, 0.5) is 5.69 Å². The van der Waals surface area contributed by atoms with Gasteiger partial charge in [0.25, 0.3) is 5.91 Å². The van der Waals surface area contributed by atoms with Crippen molar-refractivity contribution in [1.29, 1.82) is 0 Å². The lowest BCUT2D eigenvalue weighted by Gasteiger charge is -2.23. The van der Waals surface area contributed by atoms with Crippen LogP contribution in [-0.4, -0.2) is 27.1 Å². The molecule has 0 atom stereocenters. The molecule has 0 fully saturated rings. The van der Waals surface area contributed by atoms with Gasteiger partial charge in [-0.2, -0.15) is 0 Å². The van der Waals surface area contributed by atoms with Crippen molar-refractivity contribution in [1.82, 2.24) is 5.32 Å². The van der Waals surface area contributed by atoms with E-state index in [4.69, 9.17) is 11.6 Å². The monoisotopic (exact) mass is 510 g/mol. The van der Waals surface area contributed by atoms with Crippen LogP contribution < -0.4 is 9.62 Å². The number of hydrogen-bond donors (Lipinski definition) is 1. The van der Waals surface area contributed by atoms with E-state index in [0.29, 0.717) is 27.3 Å². The molecule has 0 heterocycles. The number of amides is 1. The molecule has 2 aromatic carbocycles. The van der Waals surface area contributed by atoms with Crippen molar-refractivity contribution < 1.29 is 13.2 Å². The largest absolute Gasteiger partial charge is 0.348 e. The zero-order chi connectivity index (χ0) is 21.7. The number of hydrogen-bond acceptors (Lipinski definition) is 3. The lowest BCUT2D eigenvalue weighted by atomic mass is 9.99. The minimum atomic E-state index is -3.52. The number of nitrogens with one attached hydrogen (secondary N) is 1. The van der Waals surface area contributed by atoms with Crippen molar-refractivity contribution in [2.75, 3.05) is 17.1 Å². The molecule has 30 heavy (non-hydrogen) atoms. The van der Waals surface area contributed by atoms with E-state index in [1.807, 2.05) is 0 Å². The van der Waals surface area contributed by atoms with E-state index in [1.54, 1.807) is 42.5 Å². The van der Waals surface area contributed by atoms with E-state index in [-0.39, 0.29) is 12.5 Å². The molecule has 0 radical (unpaired) electrons. The Morgan fingerprint density at radius 3 is 2.50 bits per heavy atom. The predicted molar refractivity (Wildman–Crippen MR) is 126 cm³/mol. The smallest absolute Gasteiger partial charge is 0.251 e. The number of carbonyl (C=O) groups is 1. The van der Waals surface area contributed by atoms with E-state index < -0.39 is 10.0 Å². The molecule has 1 amide bonds. The van der Waals surface area contributed by atoms with Gasteiger partial charge in [-0.05, 0) is 77.5 Å². The number of allylic oxidation sites excluding steroid dienone is 1. The fourth-order valence-corrected chi connectivity index (χ4v) is 4.63. The molecule has 8 heteroatoms. The first-order valence-electron chi connectivity index (χ1n) is 9.72. The van der Waals surface area contributed by atoms with Crippen molar-refractivity contribution in [2.45, 2.75) is 32.2 Å². The number of anilines is 1. The molecule has 0 aliphatic heterocycles. The van der Waals surface area contributed by atoms with E-state index in [0.717, 1.165) is 24.7 Å². The molecule has 1 N–H and O–H groups in total. The van der Waals surface area contributed by atoms with Crippen LogP contribution in [-0.2, 0) is 16.6 Å². The molecule has 3 rings (SSSR count). The zero-order valence-electron chi connectivity index (χ0n) is 16.7. The van der Waals surface area contributed by atoms with Crippen molar-refractivity contribution in [3.63, 3.8) is 0 Å². The van der Waals surface area contributed by atoms with Gasteiger partial charge in [0.1, 0.15) is 0 Å². The Kier molecular flexibility index (Phi) is 7.60. The lowest BCUT2D eigenvalue weighted by molar-refractivity contribution is 0.0956. The maximum absolute atomic E-state index is 12.4. The van der Waals surface area contributed by atoms with Crippen LogP contribution in [0.1, 0.15) is 41.6 Å². The average Bonchev–Trinajstić information content (AvgIpc) is 2.73. The third-order valence-electron chi connectivity index (χ3n) is 4.99. The summed E-state index contributed by atoms with van der Waals surface area (Å²) in [5.74, 6) is -0.132. The van der Waals surface area contributed by atoms with Gasteiger partial charge in [-0.3, -0.25) is 9.10 Å². The third-order valence-corrected chi connectivity index (χ3v) is 7.37. The van der Waals surface area contributed by atoms with Gasteiger partial charge in [-0.1, -0.05) is 35.4 Å². The molecular weight excluding hydrogens is 488 g/mol. The Labute approximate surface area is 191 Å². The van der Waals surface area contributed by atoms with Crippen molar-refractivity contribution >= 4 is 49.1 Å². The van der Waals surface area contributed by atoms with Gasteiger partial charge in [-0.25, -0.2) is 8.42 Å². The van der Waals surface area contributed by atoms with E-state index in [9.17, 15) is 13.2 Å². The summed E-state index contributed by atoms with van der Waals surface area (Å²) in [6.07, 6.45) is 7.89. The molecule has 0 saturated carbocycles. The maximum Gasteiger partial charge on any atom is 0.251 e. The summed E-state index contributed by atoms with van der Waals surface area (Å²) in [5.41, 5.74) is 3.08. The van der Waals surface area contributed by atoms with E-state index in [2.05, 4.69) is 27.3 Å². The first-order valence-corrected chi connectivity index (χ1v) is 12.7. The second-order valence-electron chi connectivity index (χ2n) is 7.36. The topological polar surface area (TPSA) is 66.5 Å². The Bertz CT molecular complexity index is 1050. The van der Waals surface area contributed by atoms with Crippen LogP contribution in [0.15, 0.2) is 58.6 Å². The average molecular weight is 512 g/mol. The highest BCUT2D eigenvalue weighted by Crippen LogP contribution is 2.29. The van der Waals surface area contributed by atoms with Gasteiger partial charge < -0.3 is 5.32 Å². The van der Waals surface area contributed by atoms with Crippen LogP contribution in [0.2, 0.25) is 5.02 Å². The van der Waals surface area contributed by atoms with Crippen molar-refractivity contribution in [3.8, 4) is 0 Å². The molecule has 5 nitrogen and oxygen atoms in total. The number of halogens is 2. The quantitative estimate of drug-likeness (QED) is 0.513. The van der Waals surface area contributed by atoms with E-state index >= 15 is 0 Å². The first kappa shape index (κ1) is 22.8. The van der Waals surface area contributed by atoms with Gasteiger partial charge in [0, 0.05) is 16.6 Å². The van der Waals surface area contributed by atoms with Crippen molar-refractivity contribution in [2.24, 2.45) is 0 Å². The van der Waals surface area contributed by atoms with Gasteiger partial charge in [0.15, 0.2) is 0 Å². The summed E-state index contributed by atoms with van der Waals surface area (Å²) in [6.45, 7) is 0.721. The molecule has 0 bridgehead atoms. The first-order chi connectivity index (χ1) is 14.2. The summed E-state index contributed by atoms with van der Waals surface area (Å²) in [5, 5.41) is 3.39. The predicted octanol–water partition coefficient (Wildman–Crippen LogP) is 5.30. The molecule has 0 spiro atoms. The zero-order valence-corrected chi connectivity index (χ0v) is 19.9. The number of sulfonamides is 1. The third kappa shape index (κ3) is 6.09. The molecule has 2 aromatic rings. The number of carbonyl (C=O) groups excluding carboxylic acids is 1. The van der Waals surface area contributed by atoms with Gasteiger partial charge in [-0.15, -0.1) is 0 Å². The van der Waals surface area contributed by atoms with Crippen LogP contribution >= 0.6 is 27.5 Å². The molecule has 0 unspecified atom stereocenters. The summed E-state index contributed by atoms with van der Waals surface area (Å²) >= 11 is 9.45. The van der Waals surface area contributed by atoms with E-state index in [1.165, 1.54) is 22.7 Å². The minimum Gasteiger partial charge on any atom is -0.348 e. The van der Waals surface area contributed by atoms with Crippen LogP contribution in [0.3, 0.4) is 0 Å². The minimum absolute atomic E-state index is 0.132. The van der Waals surface area contributed by atoms with Crippen LogP contribution in [0.5, 0.6) is 0 Å². The Morgan fingerprint density at radius 1 is 1.17 bits per heavy atom. The highest BCUT2D eigenvalue weighted by Gasteiger charge is 2.19. The summed E-state index contributed by atoms with van der Waals surface area (Å²) in [6, 6.07) is 12.0. The fourth-order valence-electron chi connectivity index (χ4n) is 3.33. The Balaban J connectivity index is 1.70. The van der Waals surface area contributed by atoms with Gasteiger partial charge >= 0.3 is 0 Å². The number of nitrogens with zero attached hydrogens (tertiary/aromatic N) is 1. The Morgan fingerprint density at radius 2 is 1.90 bits per heavy atom. The number of benzene rings is 2. The SMILES string of the molecule is CS(=O)(=O)N(Cc1ccc(C(=O)NCC2=CCCCC2)cc1)c1ccc(Br)c(Cl)c1. The molecule has 1 aliphatic rings. The second-order valence-corrected chi connectivity index (χ2v) is 10.5. The summed E-state index contributed by atoms with van der Waals surface area (Å²) in [7, 11) is -3.52.